The SMILES string of the molecule is Cc1nc2ccc(C(=O)N3CCNC(=O)C3Cc3ccccc3-c3ccccc3)cc2s1. The van der Waals surface area contributed by atoms with Crippen molar-refractivity contribution in [2.45, 2.75) is 19.4 Å². The molecule has 1 atom stereocenters. The first-order valence-electron chi connectivity index (χ1n) is 10.7. The molecule has 3 aromatic carbocycles. The lowest BCUT2D eigenvalue weighted by atomic mass is 9.93. The molecule has 0 radical (unpaired) electrons. The van der Waals surface area contributed by atoms with Gasteiger partial charge in [-0.1, -0.05) is 54.6 Å². The summed E-state index contributed by atoms with van der Waals surface area (Å²) < 4.78 is 0.987. The molecule has 0 saturated carbocycles. The number of hydrogen-bond donors (Lipinski definition) is 1. The summed E-state index contributed by atoms with van der Waals surface area (Å²) in [5, 5.41) is 3.91. The smallest absolute Gasteiger partial charge is 0.254 e. The molecule has 5 nitrogen and oxygen atoms in total. The van der Waals surface area contributed by atoms with E-state index in [1.54, 1.807) is 16.2 Å². The van der Waals surface area contributed by atoms with E-state index >= 15 is 0 Å². The molecule has 1 aromatic heterocycles. The van der Waals surface area contributed by atoms with E-state index < -0.39 is 6.04 Å². The summed E-state index contributed by atoms with van der Waals surface area (Å²) in [6, 6.07) is 23.3. The van der Waals surface area contributed by atoms with Gasteiger partial charge in [-0.2, -0.15) is 0 Å². The zero-order chi connectivity index (χ0) is 22.1. The number of amides is 2. The maximum atomic E-state index is 13.5. The van der Waals surface area contributed by atoms with Gasteiger partial charge in [-0.15, -0.1) is 11.3 Å². The van der Waals surface area contributed by atoms with Crippen molar-refractivity contribution in [1.29, 1.82) is 0 Å². The first-order chi connectivity index (χ1) is 15.6. The topological polar surface area (TPSA) is 62.3 Å². The molecule has 1 fully saturated rings. The third-order valence-corrected chi connectivity index (χ3v) is 6.78. The summed E-state index contributed by atoms with van der Waals surface area (Å²) in [5.74, 6) is -0.225. The van der Waals surface area contributed by atoms with Gasteiger partial charge in [0.2, 0.25) is 5.91 Å². The molecule has 5 rings (SSSR count). The summed E-state index contributed by atoms with van der Waals surface area (Å²) in [6.45, 7) is 2.91. The number of nitrogens with one attached hydrogen (secondary N) is 1. The van der Waals surface area contributed by atoms with Crippen molar-refractivity contribution in [1.82, 2.24) is 15.2 Å². The van der Waals surface area contributed by atoms with Gasteiger partial charge in [0, 0.05) is 25.1 Å². The lowest BCUT2D eigenvalue weighted by Gasteiger charge is -2.35. The number of aromatic nitrogens is 1. The second kappa shape index (κ2) is 8.55. The predicted molar refractivity (Wildman–Crippen MR) is 128 cm³/mol. The number of aryl methyl sites for hydroxylation is 1. The van der Waals surface area contributed by atoms with Crippen LogP contribution in [0.4, 0.5) is 0 Å². The molecule has 2 amide bonds. The van der Waals surface area contributed by atoms with Crippen LogP contribution in [-0.2, 0) is 11.2 Å². The highest BCUT2D eigenvalue weighted by molar-refractivity contribution is 7.18. The molecule has 1 N–H and O–H groups in total. The average molecular weight is 442 g/mol. The van der Waals surface area contributed by atoms with Crippen LogP contribution in [-0.4, -0.2) is 40.8 Å². The number of hydrogen-bond acceptors (Lipinski definition) is 4. The largest absolute Gasteiger partial charge is 0.353 e. The quantitative estimate of drug-likeness (QED) is 0.509. The van der Waals surface area contributed by atoms with Crippen molar-refractivity contribution >= 4 is 33.4 Å². The molecule has 160 valence electrons. The first-order valence-corrected chi connectivity index (χ1v) is 11.5. The Hall–Kier alpha value is -3.51. The van der Waals surface area contributed by atoms with Crippen LogP contribution in [0.25, 0.3) is 21.3 Å². The van der Waals surface area contributed by atoms with Crippen LogP contribution in [0.3, 0.4) is 0 Å². The Morgan fingerprint density at radius 3 is 2.72 bits per heavy atom. The first kappa shape index (κ1) is 20.4. The monoisotopic (exact) mass is 441 g/mol. The van der Waals surface area contributed by atoms with Gasteiger partial charge in [-0.3, -0.25) is 9.59 Å². The Bertz CT molecular complexity index is 1300. The van der Waals surface area contributed by atoms with Crippen LogP contribution >= 0.6 is 11.3 Å². The van der Waals surface area contributed by atoms with Gasteiger partial charge >= 0.3 is 0 Å². The molecular formula is C26H23N3O2S. The summed E-state index contributed by atoms with van der Waals surface area (Å²) in [4.78, 5) is 32.6. The van der Waals surface area contributed by atoms with Gasteiger partial charge in [-0.25, -0.2) is 4.98 Å². The Balaban J connectivity index is 1.47. The standard InChI is InChI=1S/C26H23N3O2S/c1-17-28-22-12-11-20(16-24(22)32-17)26(31)29-14-13-27-25(30)23(29)15-19-9-5-6-10-21(19)18-7-3-2-4-8-18/h2-12,16,23H,13-15H2,1H3,(H,27,30). The summed E-state index contributed by atoms with van der Waals surface area (Å²) >= 11 is 1.57. The maximum absolute atomic E-state index is 13.5. The van der Waals surface area contributed by atoms with Crippen molar-refractivity contribution in [3.05, 3.63) is 88.9 Å². The number of piperazine rings is 1. The van der Waals surface area contributed by atoms with E-state index in [-0.39, 0.29) is 11.8 Å². The normalized spacial score (nSPS) is 16.2. The molecule has 0 aliphatic carbocycles. The van der Waals surface area contributed by atoms with Crippen LogP contribution in [0, 0.1) is 6.92 Å². The van der Waals surface area contributed by atoms with Crippen molar-refractivity contribution in [3.63, 3.8) is 0 Å². The number of carbonyl (C=O) groups excluding carboxylic acids is 2. The molecule has 1 unspecified atom stereocenters. The van der Waals surface area contributed by atoms with Gasteiger partial charge in [0.25, 0.3) is 5.91 Å². The summed E-state index contributed by atoms with van der Waals surface area (Å²) in [7, 11) is 0. The Labute approximate surface area is 190 Å². The number of rotatable bonds is 4. The molecule has 4 aromatic rings. The van der Waals surface area contributed by atoms with E-state index in [2.05, 4.69) is 28.5 Å². The third-order valence-electron chi connectivity index (χ3n) is 5.85. The van der Waals surface area contributed by atoms with Crippen LogP contribution in [0.1, 0.15) is 20.9 Å². The Morgan fingerprint density at radius 2 is 1.88 bits per heavy atom. The number of fused-ring (bicyclic) bond motifs is 1. The van der Waals surface area contributed by atoms with E-state index in [1.807, 2.05) is 61.5 Å². The predicted octanol–water partition coefficient (Wildman–Crippen LogP) is 4.46. The van der Waals surface area contributed by atoms with Crippen LogP contribution in [0.15, 0.2) is 72.8 Å². The molecule has 6 heteroatoms. The summed E-state index contributed by atoms with van der Waals surface area (Å²) in [5.41, 5.74) is 4.72. The van der Waals surface area contributed by atoms with Gasteiger partial charge < -0.3 is 10.2 Å². The van der Waals surface area contributed by atoms with Crippen molar-refractivity contribution in [2.75, 3.05) is 13.1 Å². The van der Waals surface area contributed by atoms with Crippen molar-refractivity contribution in [3.8, 4) is 11.1 Å². The fourth-order valence-electron chi connectivity index (χ4n) is 4.31. The number of benzene rings is 3. The Morgan fingerprint density at radius 1 is 1.09 bits per heavy atom. The number of thiazole rings is 1. The second-order valence-corrected chi connectivity index (χ2v) is 9.18. The lowest BCUT2D eigenvalue weighted by molar-refractivity contribution is -0.127. The molecule has 1 saturated heterocycles. The van der Waals surface area contributed by atoms with Gasteiger partial charge in [0.15, 0.2) is 0 Å². The van der Waals surface area contributed by atoms with Crippen molar-refractivity contribution in [2.24, 2.45) is 0 Å². The number of nitrogens with zero attached hydrogens (tertiary/aromatic N) is 2. The molecule has 1 aliphatic heterocycles. The zero-order valence-corrected chi connectivity index (χ0v) is 18.6. The molecule has 0 bridgehead atoms. The number of carbonyl (C=O) groups is 2. The molecule has 2 heterocycles. The summed E-state index contributed by atoms with van der Waals surface area (Å²) in [6.07, 6.45) is 0.463. The Kier molecular flexibility index (Phi) is 5.45. The highest BCUT2D eigenvalue weighted by Crippen LogP contribution is 2.27. The zero-order valence-electron chi connectivity index (χ0n) is 17.7. The van der Waals surface area contributed by atoms with Crippen molar-refractivity contribution < 1.29 is 9.59 Å². The molecule has 32 heavy (non-hydrogen) atoms. The highest BCUT2D eigenvalue weighted by atomic mass is 32.1. The average Bonchev–Trinajstić information content (AvgIpc) is 3.20. The van der Waals surface area contributed by atoms with Gasteiger partial charge in [-0.05, 0) is 41.8 Å². The molecule has 0 spiro atoms. The van der Waals surface area contributed by atoms with E-state index in [4.69, 9.17) is 0 Å². The minimum absolute atomic E-state index is 0.109. The minimum Gasteiger partial charge on any atom is -0.353 e. The van der Waals surface area contributed by atoms with Crippen LogP contribution < -0.4 is 5.32 Å². The fraction of sp³-hybridized carbons (Fsp3) is 0.192. The van der Waals surface area contributed by atoms with E-state index in [0.29, 0.717) is 25.1 Å². The van der Waals surface area contributed by atoms with Crippen LogP contribution in [0.2, 0.25) is 0 Å². The van der Waals surface area contributed by atoms with E-state index in [1.165, 1.54) is 0 Å². The third kappa shape index (κ3) is 3.89. The van der Waals surface area contributed by atoms with Crippen LogP contribution in [0.5, 0.6) is 0 Å². The van der Waals surface area contributed by atoms with Gasteiger partial charge in [0.1, 0.15) is 6.04 Å². The lowest BCUT2D eigenvalue weighted by Crippen LogP contribution is -2.58. The fourth-order valence-corrected chi connectivity index (χ4v) is 5.17. The molecule has 1 aliphatic rings. The molecular weight excluding hydrogens is 418 g/mol. The minimum atomic E-state index is -0.556. The van der Waals surface area contributed by atoms with E-state index in [0.717, 1.165) is 31.9 Å². The second-order valence-electron chi connectivity index (χ2n) is 7.95. The van der Waals surface area contributed by atoms with E-state index in [9.17, 15) is 9.59 Å². The van der Waals surface area contributed by atoms with Gasteiger partial charge in [0.05, 0.1) is 15.2 Å². The highest BCUT2D eigenvalue weighted by Gasteiger charge is 2.34. The maximum Gasteiger partial charge on any atom is 0.254 e.